The molecule has 11 nitrogen and oxygen atoms in total. The fraction of sp³-hybridized carbons (Fsp3) is 0.250. The number of ether oxygens (including phenoxy) is 2. The molecule has 0 saturated heterocycles. The molecule has 0 aliphatic heterocycles. The third kappa shape index (κ3) is 8.56. The Hall–Kier alpha value is -5.46. The van der Waals surface area contributed by atoms with Gasteiger partial charge in [0.2, 0.25) is 11.8 Å². The van der Waals surface area contributed by atoms with Gasteiger partial charge in [-0.25, -0.2) is 13.6 Å². The maximum absolute atomic E-state index is 14.1. The molecule has 1 atom stereocenters. The van der Waals surface area contributed by atoms with Gasteiger partial charge in [0, 0.05) is 43.0 Å². The summed E-state index contributed by atoms with van der Waals surface area (Å²) in [5.74, 6) is -1.79. The van der Waals surface area contributed by atoms with Gasteiger partial charge in [-0.15, -0.1) is 0 Å². The number of fused-ring (bicyclic) bond motifs is 1. The molecule has 1 unspecified atom stereocenters. The van der Waals surface area contributed by atoms with Gasteiger partial charge in [0.1, 0.15) is 35.7 Å². The number of carbonyl (C=O) groups is 3. The van der Waals surface area contributed by atoms with E-state index in [0.717, 1.165) is 17.5 Å². The number of halogens is 2. The van der Waals surface area contributed by atoms with Crippen LogP contribution >= 0.6 is 0 Å². The Bertz CT molecular complexity index is 1780. The van der Waals surface area contributed by atoms with E-state index >= 15 is 0 Å². The van der Waals surface area contributed by atoms with Gasteiger partial charge in [0.05, 0.1) is 19.2 Å². The number of amides is 3. The first-order valence-electron chi connectivity index (χ1n) is 14.0. The number of hydrogen-bond donors (Lipinski definition) is 3. The van der Waals surface area contributed by atoms with Crippen LogP contribution in [0.4, 0.5) is 19.3 Å². The average molecular weight is 622 g/mol. The Kier molecular flexibility index (Phi) is 10.7. The third-order valence-electron chi connectivity index (χ3n) is 6.81. The lowest BCUT2D eigenvalue weighted by Crippen LogP contribution is -2.44. The molecular formula is C32H33F2N5O6. The molecule has 0 aliphatic carbocycles. The highest BCUT2D eigenvalue weighted by atomic mass is 19.1. The number of carbonyl (C=O) groups excluding carboxylic acids is 3. The summed E-state index contributed by atoms with van der Waals surface area (Å²) in [5, 5.41) is 5.83. The van der Waals surface area contributed by atoms with Crippen LogP contribution < -0.4 is 20.9 Å². The number of nitrogens with one attached hydrogen (secondary N) is 3. The quantitative estimate of drug-likeness (QED) is 0.202. The third-order valence-corrected chi connectivity index (χ3v) is 6.81. The second-order valence-electron chi connectivity index (χ2n) is 10.3. The summed E-state index contributed by atoms with van der Waals surface area (Å²) in [6.07, 6.45) is 4.15. The minimum atomic E-state index is -1.04. The predicted molar refractivity (Wildman–Crippen MR) is 164 cm³/mol. The van der Waals surface area contributed by atoms with E-state index in [1.165, 1.54) is 34.8 Å². The Labute approximate surface area is 257 Å². The van der Waals surface area contributed by atoms with E-state index in [-0.39, 0.29) is 36.7 Å². The van der Waals surface area contributed by atoms with Crippen molar-refractivity contribution in [1.82, 2.24) is 19.8 Å². The zero-order valence-corrected chi connectivity index (χ0v) is 24.9. The van der Waals surface area contributed by atoms with Crippen molar-refractivity contribution in [3.8, 4) is 5.75 Å². The predicted octanol–water partition coefficient (Wildman–Crippen LogP) is 4.32. The number of benzene rings is 2. The molecule has 0 spiro atoms. The van der Waals surface area contributed by atoms with Crippen molar-refractivity contribution < 1.29 is 32.6 Å². The molecule has 13 heteroatoms. The number of para-hydroxylation sites is 1. The first-order valence-corrected chi connectivity index (χ1v) is 14.0. The van der Waals surface area contributed by atoms with E-state index in [1.54, 1.807) is 44.6 Å². The fourth-order valence-electron chi connectivity index (χ4n) is 4.41. The van der Waals surface area contributed by atoms with Gasteiger partial charge < -0.3 is 34.6 Å². The highest BCUT2D eigenvalue weighted by Crippen LogP contribution is 2.27. The molecule has 2 aromatic carbocycles. The van der Waals surface area contributed by atoms with Gasteiger partial charge in [-0.1, -0.05) is 18.2 Å². The van der Waals surface area contributed by atoms with Crippen LogP contribution in [0.2, 0.25) is 0 Å². The Morgan fingerprint density at radius 2 is 1.89 bits per heavy atom. The van der Waals surface area contributed by atoms with Crippen molar-refractivity contribution in [3.63, 3.8) is 0 Å². The Morgan fingerprint density at radius 1 is 1.09 bits per heavy atom. The van der Waals surface area contributed by atoms with E-state index in [4.69, 9.17) is 4.74 Å². The molecule has 0 saturated carbocycles. The van der Waals surface area contributed by atoms with E-state index in [2.05, 4.69) is 20.4 Å². The minimum absolute atomic E-state index is 0.000971. The van der Waals surface area contributed by atoms with Crippen molar-refractivity contribution >= 4 is 34.5 Å². The van der Waals surface area contributed by atoms with Crippen LogP contribution in [-0.2, 0) is 27.5 Å². The number of pyridine rings is 1. The normalized spacial score (nSPS) is 11.8. The van der Waals surface area contributed by atoms with Crippen LogP contribution in [0.25, 0.3) is 10.9 Å². The zero-order chi connectivity index (χ0) is 32.5. The van der Waals surface area contributed by atoms with Crippen LogP contribution in [0, 0.1) is 11.6 Å². The first kappa shape index (κ1) is 32.5. The molecule has 4 rings (SSSR count). The van der Waals surface area contributed by atoms with Gasteiger partial charge in [-0.05, 0) is 55.3 Å². The van der Waals surface area contributed by atoms with E-state index in [0.29, 0.717) is 23.4 Å². The lowest BCUT2D eigenvalue weighted by Gasteiger charge is -2.17. The average Bonchev–Trinajstić information content (AvgIpc) is 3.43. The van der Waals surface area contributed by atoms with Crippen molar-refractivity contribution in [3.05, 3.63) is 106 Å². The number of rotatable bonds is 12. The smallest absolute Gasteiger partial charge is 0.407 e. The van der Waals surface area contributed by atoms with Crippen molar-refractivity contribution in [1.29, 1.82) is 0 Å². The first-order chi connectivity index (χ1) is 21.5. The van der Waals surface area contributed by atoms with Crippen molar-refractivity contribution in [2.24, 2.45) is 0 Å². The molecule has 0 aliphatic rings. The van der Waals surface area contributed by atoms with E-state index in [9.17, 15) is 28.0 Å². The molecule has 236 valence electrons. The molecule has 2 aromatic heterocycles. The van der Waals surface area contributed by atoms with Crippen LogP contribution in [0.5, 0.6) is 5.75 Å². The molecule has 0 fully saturated rings. The number of likely N-dealkylation sites (N-methyl/N-ethyl adjacent to an activating group) is 1. The summed E-state index contributed by atoms with van der Waals surface area (Å²) in [4.78, 5) is 54.6. The SMILES string of the molecule is COC(=O)NC(CCC=CC(=O)N(C)C)C(=O)Nc1cccn(Cc2cc3cccc(OCc4ccc(F)cc4F)c3[nH]2)c1=O. The zero-order valence-electron chi connectivity index (χ0n) is 24.9. The van der Waals surface area contributed by atoms with Crippen molar-refractivity contribution in [2.45, 2.75) is 32.0 Å². The summed E-state index contributed by atoms with van der Waals surface area (Å²) in [7, 11) is 4.39. The number of anilines is 1. The molecule has 0 radical (unpaired) electrons. The van der Waals surface area contributed by atoms with Crippen LogP contribution in [0.15, 0.2) is 77.7 Å². The molecule has 0 bridgehead atoms. The topological polar surface area (TPSA) is 135 Å². The number of alkyl carbamates (subject to hydrolysis) is 1. The summed E-state index contributed by atoms with van der Waals surface area (Å²) in [6.45, 7) is 0.00883. The Morgan fingerprint density at radius 3 is 2.62 bits per heavy atom. The maximum atomic E-state index is 14.1. The number of aromatic amines is 1. The van der Waals surface area contributed by atoms with Gasteiger partial charge in [0.25, 0.3) is 5.56 Å². The monoisotopic (exact) mass is 621 g/mol. The second-order valence-corrected chi connectivity index (χ2v) is 10.3. The highest BCUT2D eigenvalue weighted by Gasteiger charge is 2.22. The van der Waals surface area contributed by atoms with Gasteiger partial charge in [0.15, 0.2) is 0 Å². The van der Waals surface area contributed by atoms with Crippen molar-refractivity contribution in [2.75, 3.05) is 26.5 Å². The largest absolute Gasteiger partial charge is 0.487 e. The number of aromatic nitrogens is 2. The number of H-pyrrole nitrogens is 1. The lowest BCUT2D eigenvalue weighted by atomic mass is 10.1. The number of allylic oxidation sites excluding steroid dienone is 1. The summed E-state index contributed by atoms with van der Waals surface area (Å²) in [5.41, 5.74) is 1.000. The minimum Gasteiger partial charge on any atom is -0.487 e. The number of methoxy groups -OCH3 is 1. The van der Waals surface area contributed by atoms with Crippen LogP contribution in [0.1, 0.15) is 24.1 Å². The van der Waals surface area contributed by atoms with E-state index < -0.39 is 35.2 Å². The van der Waals surface area contributed by atoms with Crippen LogP contribution in [0.3, 0.4) is 0 Å². The molecule has 3 N–H and O–H groups in total. The fourth-order valence-corrected chi connectivity index (χ4v) is 4.41. The lowest BCUT2D eigenvalue weighted by molar-refractivity contribution is -0.123. The van der Waals surface area contributed by atoms with Gasteiger partial charge in [-0.2, -0.15) is 0 Å². The van der Waals surface area contributed by atoms with Gasteiger partial charge in [-0.3, -0.25) is 14.4 Å². The molecule has 4 aromatic rings. The highest BCUT2D eigenvalue weighted by molar-refractivity contribution is 5.96. The Balaban J connectivity index is 1.47. The standard InChI is InChI=1S/C32H33F2N5O6/c1-38(2)28(40)12-5-4-9-25(37-32(43)44-3)30(41)36-26-10-7-15-39(31(26)42)18-23-16-20-8-6-11-27(29(20)35-23)45-19-21-13-14-22(33)17-24(21)34/h5-8,10-17,25,35H,4,9,18-19H2,1-3H3,(H,36,41)(H,37,43). The molecule has 3 amide bonds. The number of nitrogens with zero attached hydrogens (tertiary/aromatic N) is 2. The molecule has 2 heterocycles. The molecule has 45 heavy (non-hydrogen) atoms. The van der Waals surface area contributed by atoms with Gasteiger partial charge >= 0.3 is 6.09 Å². The van der Waals surface area contributed by atoms with E-state index in [1.807, 2.05) is 12.1 Å². The summed E-state index contributed by atoms with van der Waals surface area (Å²) < 4.78 is 39.2. The second kappa shape index (κ2) is 14.8. The number of hydrogen-bond acceptors (Lipinski definition) is 6. The van der Waals surface area contributed by atoms with Crippen LogP contribution in [-0.4, -0.2) is 59.6 Å². The maximum Gasteiger partial charge on any atom is 0.407 e. The molecular weight excluding hydrogens is 588 g/mol. The summed E-state index contributed by atoms with van der Waals surface area (Å²) >= 11 is 0. The summed E-state index contributed by atoms with van der Waals surface area (Å²) in [6, 6.07) is 12.5.